The molecule has 0 saturated carbocycles. The molecule has 2 aromatic rings. The molecule has 0 aliphatic carbocycles. The number of benzene rings is 2. The second-order valence-electron chi connectivity index (χ2n) is 6.04. The molecule has 0 bridgehead atoms. The minimum Gasteiger partial charge on any atom is -0.484 e. The van der Waals surface area contributed by atoms with E-state index in [9.17, 15) is 14.4 Å². The SMILES string of the molecule is CCC(=O)c1ccc(OCC(=O)NC(CC(=O)OC)c2ccc(Cl)cc2)cc1. The highest BCUT2D eigenvalue weighted by Crippen LogP contribution is 2.20. The van der Waals surface area contributed by atoms with Crippen LogP contribution < -0.4 is 10.1 Å². The average molecular weight is 404 g/mol. The number of esters is 1. The van der Waals surface area contributed by atoms with E-state index in [1.807, 2.05) is 0 Å². The lowest BCUT2D eigenvalue weighted by Gasteiger charge is -2.18. The molecular weight excluding hydrogens is 382 g/mol. The van der Waals surface area contributed by atoms with Gasteiger partial charge in [0.05, 0.1) is 19.6 Å². The Balaban J connectivity index is 1.97. The molecule has 28 heavy (non-hydrogen) atoms. The lowest BCUT2D eigenvalue weighted by molar-refractivity contribution is -0.141. The van der Waals surface area contributed by atoms with E-state index in [1.54, 1.807) is 55.5 Å². The Hall–Kier alpha value is -2.86. The first-order valence-corrected chi connectivity index (χ1v) is 9.18. The van der Waals surface area contributed by atoms with Crippen LogP contribution in [-0.4, -0.2) is 31.4 Å². The Kier molecular flexibility index (Phi) is 8.02. The summed E-state index contributed by atoms with van der Waals surface area (Å²) in [4.78, 5) is 35.6. The molecule has 1 unspecified atom stereocenters. The fourth-order valence-corrected chi connectivity index (χ4v) is 2.65. The summed E-state index contributed by atoms with van der Waals surface area (Å²) >= 11 is 5.89. The molecule has 0 spiro atoms. The van der Waals surface area contributed by atoms with Crippen LogP contribution in [0.25, 0.3) is 0 Å². The lowest BCUT2D eigenvalue weighted by atomic mass is 10.0. The van der Waals surface area contributed by atoms with E-state index >= 15 is 0 Å². The van der Waals surface area contributed by atoms with Gasteiger partial charge in [0.1, 0.15) is 5.75 Å². The molecule has 0 aliphatic rings. The van der Waals surface area contributed by atoms with E-state index < -0.39 is 17.9 Å². The van der Waals surface area contributed by atoms with Crippen molar-refractivity contribution in [3.05, 3.63) is 64.7 Å². The molecule has 0 radical (unpaired) electrons. The number of ether oxygens (including phenoxy) is 2. The molecule has 7 heteroatoms. The quantitative estimate of drug-likeness (QED) is 0.509. The van der Waals surface area contributed by atoms with Crippen molar-refractivity contribution < 1.29 is 23.9 Å². The number of halogens is 1. The Bertz CT molecular complexity index is 818. The van der Waals surface area contributed by atoms with Gasteiger partial charge in [-0.05, 0) is 42.0 Å². The topological polar surface area (TPSA) is 81.7 Å². The van der Waals surface area contributed by atoms with Crippen molar-refractivity contribution in [3.63, 3.8) is 0 Å². The summed E-state index contributed by atoms with van der Waals surface area (Å²) in [6.07, 6.45) is 0.409. The van der Waals surface area contributed by atoms with Crippen LogP contribution in [-0.2, 0) is 14.3 Å². The van der Waals surface area contributed by atoms with Crippen molar-refractivity contribution in [2.24, 2.45) is 0 Å². The van der Waals surface area contributed by atoms with Gasteiger partial charge in [-0.25, -0.2) is 0 Å². The normalized spacial score (nSPS) is 11.4. The summed E-state index contributed by atoms with van der Waals surface area (Å²) in [7, 11) is 1.29. The summed E-state index contributed by atoms with van der Waals surface area (Å²) in [5, 5.41) is 3.32. The van der Waals surface area contributed by atoms with Crippen molar-refractivity contribution in [1.29, 1.82) is 0 Å². The lowest BCUT2D eigenvalue weighted by Crippen LogP contribution is -2.34. The number of methoxy groups -OCH3 is 1. The molecule has 2 aromatic carbocycles. The van der Waals surface area contributed by atoms with Crippen LogP contribution in [0.15, 0.2) is 48.5 Å². The zero-order valence-electron chi connectivity index (χ0n) is 15.7. The molecule has 0 fully saturated rings. The third-order valence-electron chi connectivity index (χ3n) is 4.07. The first-order valence-electron chi connectivity index (χ1n) is 8.80. The second kappa shape index (κ2) is 10.5. The minimum absolute atomic E-state index is 0.0162. The van der Waals surface area contributed by atoms with Crippen LogP contribution in [0.3, 0.4) is 0 Å². The van der Waals surface area contributed by atoms with Gasteiger partial charge < -0.3 is 14.8 Å². The van der Waals surface area contributed by atoms with Crippen LogP contribution in [0.5, 0.6) is 5.75 Å². The molecule has 1 atom stereocenters. The molecule has 0 saturated heterocycles. The minimum atomic E-state index is -0.564. The summed E-state index contributed by atoms with van der Waals surface area (Å²) in [5.41, 5.74) is 1.32. The van der Waals surface area contributed by atoms with Gasteiger partial charge in [-0.2, -0.15) is 0 Å². The maximum Gasteiger partial charge on any atom is 0.307 e. The van der Waals surface area contributed by atoms with E-state index in [0.29, 0.717) is 22.8 Å². The number of nitrogens with one attached hydrogen (secondary N) is 1. The van der Waals surface area contributed by atoms with Gasteiger partial charge >= 0.3 is 5.97 Å². The Morgan fingerprint density at radius 2 is 1.68 bits per heavy atom. The molecule has 2 rings (SSSR count). The predicted octanol–water partition coefficient (Wildman–Crippen LogP) is 3.73. The van der Waals surface area contributed by atoms with Gasteiger partial charge in [-0.3, -0.25) is 14.4 Å². The highest BCUT2D eigenvalue weighted by atomic mass is 35.5. The maximum atomic E-state index is 12.3. The Labute approximate surface area is 168 Å². The predicted molar refractivity (Wildman–Crippen MR) is 106 cm³/mol. The monoisotopic (exact) mass is 403 g/mol. The number of hydrogen-bond donors (Lipinski definition) is 1. The second-order valence-corrected chi connectivity index (χ2v) is 6.48. The molecule has 148 valence electrons. The molecule has 0 aliphatic heterocycles. The zero-order valence-corrected chi connectivity index (χ0v) is 16.5. The van der Waals surface area contributed by atoms with E-state index in [4.69, 9.17) is 21.1 Å². The van der Waals surface area contributed by atoms with Crippen molar-refractivity contribution in [2.75, 3.05) is 13.7 Å². The van der Waals surface area contributed by atoms with Crippen LogP contribution in [0.1, 0.15) is 41.7 Å². The molecule has 0 heterocycles. The van der Waals surface area contributed by atoms with Crippen LogP contribution >= 0.6 is 11.6 Å². The average Bonchev–Trinajstić information content (AvgIpc) is 2.72. The zero-order chi connectivity index (χ0) is 20.5. The largest absolute Gasteiger partial charge is 0.484 e. The van der Waals surface area contributed by atoms with Crippen LogP contribution in [0.4, 0.5) is 0 Å². The third kappa shape index (κ3) is 6.39. The summed E-state index contributed by atoms with van der Waals surface area (Å²) in [5.74, 6) is -0.327. The molecule has 1 amide bonds. The summed E-state index contributed by atoms with van der Waals surface area (Å²) in [6, 6.07) is 12.9. The van der Waals surface area contributed by atoms with E-state index in [0.717, 1.165) is 5.56 Å². The van der Waals surface area contributed by atoms with E-state index in [1.165, 1.54) is 7.11 Å². The highest BCUT2D eigenvalue weighted by molar-refractivity contribution is 6.30. The van der Waals surface area contributed by atoms with Crippen LogP contribution in [0.2, 0.25) is 5.02 Å². The van der Waals surface area contributed by atoms with Gasteiger partial charge in [0.2, 0.25) is 0 Å². The van der Waals surface area contributed by atoms with Gasteiger partial charge in [-0.1, -0.05) is 30.7 Å². The van der Waals surface area contributed by atoms with Gasteiger partial charge in [0.25, 0.3) is 5.91 Å². The number of ketones is 1. The summed E-state index contributed by atoms with van der Waals surface area (Å²) in [6.45, 7) is 1.56. The maximum absolute atomic E-state index is 12.3. The van der Waals surface area contributed by atoms with Gasteiger partial charge in [0.15, 0.2) is 12.4 Å². The number of amides is 1. The molecule has 0 aromatic heterocycles. The standard InChI is InChI=1S/C21H22ClNO5/c1-3-19(24)15-6-10-17(11-7-15)28-13-20(25)23-18(12-21(26)27-2)14-4-8-16(22)9-5-14/h4-11,18H,3,12-13H2,1-2H3,(H,23,25). The van der Waals surface area contributed by atoms with Crippen molar-refractivity contribution in [3.8, 4) is 5.75 Å². The number of hydrogen-bond acceptors (Lipinski definition) is 5. The third-order valence-corrected chi connectivity index (χ3v) is 4.33. The van der Waals surface area contributed by atoms with Crippen molar-refractivity contribution in [1.82, 2.24) is 5.32 Å². The fourth-order valence-electron chi connectivity index (χ4n) is 2.52. The number of carbonyl (C=O) groups excluding carboxylic acids is 3. The smallest absolute Gasteiger partial charge is 0.307 e. The number of carbonyl (C=O) groups is 3. The number of rotatable bonds is 9. The molecular formula is C21H22ClNO5. The Morgan fingerprint density at radius 1 is 1.04 bits per heavy atom. The van der Waals surface area contributed by atoms with E-state index in [2.05, 4.69) is 5.32 Å². The molecule has 1 N–H and O–H groups in total. The fraction of sp³-hybridized carbons (Fsp3) is 0.286. The van der Waals surface area contributed by atoms with E-state index in [-0.39, 0.29) is 18.8 Å². The van der Waals surface area contributed by atoms with Gasteiger partial charge in [0, 0.05) is 17.0 Å². The number of Topliss-reactive ketones (excluding diaryl/α,β-unsaturated/α-hetero) is 1. The first kappa shape index (κ1) is 21.4. The molecule has 6 nitrogen and oxygen atoms in total. The van der Waals surface area contributed by atoms with Crippen LogP contribution in [0, 0.1) is 0 Å². The summed E-state index contributed by atoms with van der Waals surface area (Å²) < 4.78 is 10.2. The Morgan fingerprint density at radius 3 is 2.25 bits per heavy atom. The van der Waals surface area contributed by atoms with Gasteiger partial charge in [-0.15, -0.1) is 0 Å². The highest BCUT2D eigenvalue weighted by Gasteiger charge is 2.19. The van der Waals surface area contributed by atoms with Crippen molar-refractivity contribution >= 4 is 29.3 Å². The first-order chi connectivity index (χ1) is 13.4. The van der Waals surface area contributed by atoms with Crippen molar-refractivity contribution in [2.45, 2.75) is 25.8 Å².